The van der Waals surface area contributed by atoms with Crippen molar-refractivity contribution in [3.63, 3.8) is 0 Å². The van der Waals surface area contributed by atoms with Crippen molar-refractivity contribution < 1.29 is 27.3 Å². The van der Waals surface area contributed by atoms with Crippen LogP contribution in [0.3, 0.4) is 0 Å². The number of carboxylic acids is 1. The smallest absolute Gasteiger partial charge is 0.341 e. The summed E-state index contributed by atoms with van der Waals surface area (Å²) in [5.41, 5.74) is 0.842. The Morgan fingerprint density at radius 1 is 1.35 bits per heavy atom. The van der Waals surface area contributed by atoms with Crippen LogP contribution in [0.2, 0.25) is 0 Å². The van der Waals surface area contributed by atoms with E-state index in [1.807, 2.05) is 0 Å². The first kappa shape index (κ1) is 13.3. The lowest BCUT2D eigenvalue weighted by Crippen LogP contribution is -2.28. The SMILES string of the molecule is Cc1ccc(S(=O)(=O)OC(C=O)C(=O)O)cc1. The Bertz CT molecular complexity index is 516. The summed E-state index contributed by atoms with van der Waals surface area (Å²) in [7, 11) is -4.25. The quantitative estimate of drug-likeness (QED) is 0.465. The molecule has 0 aliphatic rings. The van der Waals surface area contributed by atoms with Gasteiger partial charge in [0, 0.05) is 0 Å². The molecule has 0 bridgehead atoms. The van der Waals surface area contributed by atoms with Gasteiger partial charge in [0.15, 0.2) is 6.29 Å². The van der Waals surface area contributed by atoms with Gasteiger partial charge in [-0.15, -0.1) is 0 Å². The van der Waals surface area contributed by atoms with E-state index in [-0.39, 0.29) is 11.2 Å². The summed E-state index contributed by atoms with van der Waals surface area (Å²) in [6.07, 6.45) is -2.12. The highest BCUT2D eigenvalue weighted by atomic mass is 32.2. The molecule has 1 aromatic carbocycles. The molecular formula is C10H10O6S. The Morgan fingerprint density at radius 3 is 2.29 bits per heavy atom. The van der Waals surface area contributed by atoms with Crippen molar-refractivity contribution in [2.24, 2.45) is 0 Å². The average Bonchev–Trinajstić information content (AvgIpc) is 2.26. The van der Waals surface area contributed by atoms with Crippen LogP contribution in [-0.4, -0.2) is 31.9 Å². The van der Waals surface area contributed by atoms with Gasteiger partial charge < -0.3 is 5.11 Å². The van der Waals surface area contributed by atoms with E-state index >= 15 is 0 Å². The van der Waals surface area contributed by atoms with Crippen molar-refractivity contribution >= 4 is 22.4 Å². The van der Waals surface area contributed by atoms with Crippen LogP contribution >= 0.6 is 0 Å². The normalized spacial score (nSPS) is 13.0. The highest BCUT2D eigenvalue weighted by Crippen LogP contribution is 2.14. The van der Waals surface area contributed by atoms with Crippen molar-refractivity contribution in [3.8, 4) is 0 Å². The Hall–Kier alpha value is -1.73. The van der Waals surface area contributed by atoms with Crippen LogP contribution in [0.5, 0.6) is 0 Å². The second-order valence-corrected chi connectivity index (χ2v) is 4.83. The van der Waals surface area contributed by atoms with Gasteiger partial charge in [-0.05, 0) is 19.1 Å². The number of aldehydes is 1. The number of benzene rings is 1. The minimum atomic E-state index is -4.25. The van der Waals surface area contributed by atoms with Crippen LogP contribution in [0.15, 0.2) is 29.2 Å². The van der Waals surface area contributed by atoms with E-state index in [0.717, 1.165) is 5.56 Å². The Kier molecular flexibility index (Phi) is 3.97. The third kappa shape index (κ3) is 3.36. The van der Waals surface area contributed by atoms with Crippen LogP contribution in [0, 0.1) is 6.92 Å². The molecule has 0 aliphatic heterocycles. The van der Waals surface area contributed by atoms with Crippen LogP contribution < -0.4 is 0 Å². The molecule has 0 radical (unpaired) electrons. The maximum Gasteiger partial charge on any atom is 0.341 e. The minimum absolute atomic E-state index is 0.0892. The lowest BCUT2D eigenvalue weighted by Gasteiger charge is -2.08. The van der Waals surface area contributed by atoms with Crippen LogP contribution in [0.25, 0.3) is 0 Å². The van der Waals surface area contributed by atoms with E-state index in [9.17, 15) is 18.0 Å². The fourth-order valence-electron chi connectivity index (χ4n) is 1.02. The number of carbonyl (C=O) groups is 2. The van der Waals surface area contributed by atoms with E-state index in [2.05, 4.69) is 4.18 Å². The molecule has 7 heteroatoms. The first-order valence-corrected chi connectivity index (χ1v) is 5.95. The van der Waals surface area contributed by atoms with Crippen LogP contribution in [-0.2, 0) is 23.9 Å². The summed E-state index contributed by atoms with van der Waals surface area (Å²) in [6.45, 7) is 1.77. The molecule has 0 spiro atoms. The Morgan fingerprint density at radius 2 is 1.88 bits per heavy atom. The lowest BCUT2D eigenvalue weighted by atomic mass is 10.2. The van der Waals surface area contributed by atoms with E-state index in [0.29, 0.717) is 0 Å². The monoisotopic (exact) mass is 258 g/mol. The molecule has 17 heavy (non-hydrogen) atoms. The summed E-state index contributed by atoms with van der Waals surface area (Å²) in [5.74, 6) is -1.66. The van der Waals surface area contributed by atoms with Gasteiger partial charge in [-0.3, -0.25) is 4.79 Å². The highest BCUT2D eigenvalue weighted by molar-refractivity contribution is 7.86. The van der Waals surface area contributed by atoms with E-state index in [1.165, 1.54) is 24.3 Å². The van der Waals surface area contributed by atoms with Gasteiger partial charge in [0.1, 0.15) is 0 Å². The highest BCUT2D eigenvalue weighted by Gasteiger charge is 2.26. The van der Waals surface area contributed by atoms with E-state index < -0.39 is 22.2 Å². The van der Waals surface area contributed by atoms with Crippen molar-refractivity contribution in [1.82, 2.24) is 0 Å². The third-order valence-electron chi connectivity index (χ3n) is 1.91. The molecule has 0 amide bonds. The molecular weight excluding hydrogens is 248 g/mol. The molecule has 6 nitrogen and oxygen atoms in total. The summed E-state index contributed by atoms with van der Waals surface area (Å²) in [5, 5.41) is 8.51. The van der Waals surface area contributed by atoms with Gasteiger partial charge in [0.25, 0.3) is 10.1 Å². The van der Waals surface area contributed by atoms with E-state index in [1.54, 1.807) is 6.92 Å². The Balaban J connectivity index is 3.00. The number of aliphatic carboxylic acids is 1. The summed E-state index contributed by atoms with van der Waals surface area (Å²) < 4.78 is 27.4. The van der Waals surface area contributed by atoms with Crippen LogP contribution in [0.4, 0.5) is 0 Å². The summed E-state index contributed by atoms with van der Waals surface area (Å²) in [6, 6.07) is 5.61. The fraction of sp³-hybridized carbons (Fsp3) is 0.200. The maximum absolute atomic E-state index is 11.6. The third-order valence-corrected chi connectivity index (χ3v) is 3.22. The second-order valence-electron chi connectivity index (χ2n) is 3.26. The predicted molar refractivity (Wildman–Crippen MR) is 56.9 cm³/mol. The average molecular weight is 258 g/mol. The maximum atomic E-state index is 11.6. The molecule has 0 heterocycles. The molecule has 1 atom stereocenters. The molecule has 0 aromatic heterocycles. The molecule has 0 aliphatic carbocycles. The first-order valence-electron chi connectivity index (χ1n) is 4.55. The number of aryl methyl sites for hydroxylation is 1. The standard InChI is InChI=1S/C10H10O6S/c1-7-2-4-8(5-3-7)17(14,15)16-9(6-11)10(12)13/h2-6,9H,1H3,(H,12,13). The van der Waals surface area contributed by atoms with Gasteiger partial charge >= 0.3 is 5.97 Å². The zero-order valence-electron chi connectivity index (χ0n) is 8.86. The number of carbonyl (C=O) groups excluding carboxylic acids is 1. The zero-order valence-corrected chi connectivity index (χ0v) is 9.68. The van der Waals surface area contributed by atoms with Gasteiger partial charge in [0.05, 0.1) is 4.90 Å². The van der Waals surface area contributed by atoms with Crippen molar-refractivity contribution in [2.45, 2.75) is 17.9 Å². The van der Waals surface area contributed by atoms with Crippen molar-refractivity contribution in [3.05, 3.63) is 29.8 Å². The molecule has 1 N–H and O–H groups in total. The topological polar surface area (TPSA) is 97.7 Å². The van der Waals surface area contributed by atoms with Gasteiger partial charge in [-0.2, -0.15) is 8.42 Å². The second kappa shape index (κ2) is 5.07. The van der Waals surface area contributed by atoms with E-state index in [4.69, 9.17) is 5.11 Å². The minimum Gasteiger partial charge on any atom is -0.479 e. The Labute approximate surface area is 98.0 Å². The number of rotatable bonds is 5. The van der Waals surface area contributed by atoms with Gasteiger partial charge in [-0.25, -0.2) is 8.98 Å². The predicted octanol–water partition coefficient (Wildman–Crippen LogP) is 0.352. The summed E-state index contributed by atoms with van der Waals surface area (Å²) in [4.78, 5) is 20.6. The van der Waals surface area contributed by atoms with Gasteiger partial charge in [0.2, 0.25) is 6.10 Å². The number of hydrogen-bond acceptors (Lipinski definition) is 5. The fourth-order valence-corrected chi connectivity index (χ4v) is 2.00. The van der Waals surface area contributed by atoms with Crippen molar-refractivity contribution in [1.29, 1.82) is 0 Å². The molecule has 0 fully saturated rings. The zero-order chi connectivity index (χ0) is 13.1. The largest absolute Gasteiger partial charge is 0.479 e. The lowest BCUT2D eigenvalue weighted by molar-refractivity contribution is -0.146. The number of carboxylic acid groups (broad SMARTS) is 1. The molecule has 0 saturated carbocycles. The first-order chi connectivity index (χ1) is 7.86. The number of hydrogen-bond donors (Lipinski definition) is 1. The van der Waals surface area contributed by atoms with Crippen molar-refractivity contribution in [2.75, 3.05) is 0 Å². The molecule has 1 unspecified atom stereocenters. The molecule has 0 saturated heterocycles. The summed E-state index contributed by atoms with van der Waals surface area (Å²) >= 11 is 0. The molecule has 92 valence electrons. The molecule has 1 rings (SSSR count). The van der Waals surface area contributed by atoms with Gasteiger partial charge in [-0.1, -0.05) is 17.7 Å². The molecule has 1 aromatic rings. The van der Waals surface area contributed by atoms with Crippen LogP contribution in [0.1, 0.15) is 5.56 Å².